The number of likely N-dealkylation sites (N-methyl/N-ethyl adjacent to an activating group) is 1. The Bertz CT molecular complexity index is 1610. The highest BCUT2D eigenvalue weighted by Crippen LogP contribution is 2.38. The molecule has 3 unspecified atom stereocenters. The standard InChI is InChI=1S/C68H123N2O7P/c1-7-10-13-16-19-22-25-28-30-32-34-35-37-39-41-43-46-49-52-55-58-61-68(72)77-66(59-56-53-50-47-44-27-24-21-18-15-12-9-3)65(64-76-78(73,74)75-63-62-70(4,5)6)69-67(71)60-57-54-51-48-45-42-40-38-36-33-31-29-26-23-20-17-14-11-8-2/h19-20,22-23,28-31,36,38,42,45,56,59,65-66H,7-18,21,24-27,32-35,37,39-41,43-44,46-55,57-58,60-64H2,1-6H3,(H-,69,71,73,74)/b22-19-,23-20-,30-28-,31-29-,38-36-,45-42-,59-56+. The Labute approximate surface area is 482 Å². The molecule has 0 heterocycles. The molecule has 3 atom stereocenters. The van der Waals surface area contributed by atoms with Crippen LogP contribution < -0.4 is 10.2 Å². The molecule has 0 aliphatic rings. The first-order valence-electron chi connectivity index (χ1n) is 32.4. The van der Waals surface area contributed by atoms with Gasteiger partial charge >= 0.3 is 5.97 Å². The number of hydrogen-bond acceptors (Lipinski definition) is 7. The van der Waals surface area contributed by atoms with Gasteiger partial charge in [-0.25, -0.2) is 0 Å². The average Bonchev–Trinajstić information content (AvgIpc) is 3.40. The van der Waals surface area contributed by atoms with Gasteiger partial charge in [-0.1, -0.05) is 247 Å². The summed E-state index contributed by atoms with van der Waals surface area (Å²) in [5.41, 5.74) is 0. The molecule has 0 fully saturated rings. The number of rotatable bonds is 58. The second-order valence-corrected chi connectivity index (χ2v) is 24.3. The molecule has 0 aromatic heterocycles. The summed E-state index contributed by atoms with van der Waals surface area (Å²) in [5, 5.41) is 3.01. The van der Waals surface area contributed by atoms with Crippen molar-refractivity contribution in [1.82, 2.24) is 5.32 Å². The monoisotopic (exact) mass is 1110 g/mol. The molecule has 0 aliphatic heterocycles. The maximum absolute atomic E-state index is 13.5. The number of phosphoric ester groups is 1. The molecule has 0 bridgehead atoms. The molecule has 1 N–H and O–H groups in total. The van der Waals surface area contributed by atoms with Crippen molar-refractivity contribution in [3.05, 3.63) is 85.1 Å². The van der Waals surface area contributed by atoms with Crippen LogP contribution in [0.3, 0.4) is 0 Å². The van der Waals surface area contributed by atoms with Crippen LogP contribution in [0.2, 0.25) is 0 Å². The van der Waals surface area contributed by atoms with Gasteiger partial charge in [0.05, 0.1) is 33.8 Å². The number of carbonyl (C=O) groups is 2. The second-order valence-electron chi connectivity index (χ2n) is 22.9. The van der Waals surface area contributed by atoms with E-state index >= 15 is 0 Å². The molecule has 0 radical (unpaired) electrons. The number of allylic oxidation sites excluding steroid dienone is 13. The van der Waals surface area contributed by atoms with Crippen molar-refractivity contribution in [1.29, 1.82) is 0 Å². The average molecular weight is 1110 g/mol. The highest BCUT2D eigenvalue weighted by Gasteiger charge is 2.27. The summed E-state index contributed by atoms with van der Waals surface area (Å²) in [6.45, 7) is 6.77. The van der Waals surface area contributed by atoms with Crippen LogP contribution in [0.25, 0.3) is 0 Å². The third-order valence-electron chi connectivity index (χ3n) is 14.0. The van der Waals surface area contributed by atoms with Crippen LogP contribution in [0.15, 0.2) is 85.1 Å². The summed E-state index contributed by atoms with van der Waals surface area (Å²) in [7, 11) is 1.16. The van der Waals surface area contributed by atoms with Crippen molar-refractivity contribution in [3.8, 4) is 0 Å². The molecule has 0 aromatic carbocycles. The SMILES string of the molecule is CCCCC/C=C\C/C=C\C/C=C\C/C=C\CCCCCC(=O)NC(COP(=O)([O-])OCC[N+](C)(C)C)C(/C=C/CCCCCCCCCCCC)OC(=O)CCCCCCCCCCCCC/C=C\C/C=C\CCCCC. The molecule has 452 valence electrons. The number of nitrogens with zero attached hydrogens (tertiary/aromatic N) is 1. The van der Waals surface area contributed by atoms with Gasteiger partial charge in [0.2, 0.25) is 5.91 Å². The molecule has 0 rings (SSSR count). The van der Waals surface area contributed by atoms with E-state index in [0.29, 0.717) is 17.4 Å². The fourth-order valence-corrected chi connectivity index (χ4v) is 9.73. The quantitative estimate of drug-likeness (QED) is 0.0212. The smallest absolute Gasteiger partial charge is 0.306 e. The molecule has 78 heavy (non-hydrogen) atoms. The Balaban J connectivity index is 5.26. The van der Waals surface area contributed by atoms with E-state index in [2.05, 4.69) is 99.0 Å². The molecular weight excluding hydrogens is 988 g/mol. The van der Waals surface area contributed by atoms with Gasteiger partial charge in [-0.3, -0.25) is 14.2 Å². The highest BCUT2D eigenvalue weighted by atomic mass is 31.2. The molecule has 0 saturated carbocycles. The van der Waals surface area contributed by atoms with Crippen LogP contribution in [0.5, 0.6) is 0 Å². The lowest BCUT2D eigenvalue weighted by atomic mass is 10.0. The number of carbonyl (C=O) groups excluding carboxylic acids is 2. The zero-order valence-corrected chi connectivity index (χ0v) is 52.5. The van der Waals surface area contributed by atoms with E-state index in [-0.39, 0.29) is 31.3 Å². The summed E-state index contributed by atoms with van der Waals surface area (Å²) in [4.78, 5) is 40.0. The van der Waals surface area contributed by atoms with Gasteiger partial charge in [-0.05, 0) is 109 Å². The Morgan fingerprint density at radius 1 is 0.449 bits per heavy atom. The Morgan fingerprint density at radius 2 is 0.782 bits per heavy atom. The first kappa shape index (κ1) is 75.2. The van der Waals surface area contributed by atoms with Gasteiger partial charge in [0.1, 0.15) is 19.3 Å². The summed E-state index contributed by atoms with van der Waals surface area (Å²) < 4.78 is 30.3. The fourth-order valence-electron chi connectivity index (χ4n) is 9.01. The van der Waals surface area contributed by atoms with Crippen LogP contribution in [-0.2, 0) is 27.9 Å². The van der Waals surface area contributed by atoms with Crippen LogP contribution in [0, 0.1) is 0 Å². The number of quaternary nitrogens is 1. The normalized spacial score (nSPS) is 14.2. The molecular formula is C68H123N2O7P. The zero-order valence-electron chi connectivity index (χ0n) is 51.6. The number of amides is 1. The van der Waals surface area contributed by atoms with E-state index < -0.39 is 26.6 Å². The molecule has 1 amide bonds. The molecule has 0 saturated heterocycles. The van der Waals surface area contributed by atoms with Gasteiger partial charge in [0.25, 0.3) is 7.82 Å². The van der Waals surface area contributed by atoms with E-state index in [1.807, 2.05) is 33.3 Å². The van der Waals surface area contributed by atoms with Crippen molar-refractivity contribution >= 4 is 19.7 Å². The van der Waals surface area contributed by atoms with E-state index in [1.54, 1.807) is 0 Å². The van der Waals surface area contributed by atoms with Crippen molar-refractivity contribution < 1.29 is 37.3 Å². The number of unbranched alkanes of at least 4 members (excludes halogenated alkanes) is 30. The lowest BCUT2D eigenvalue weighted by molar-refractivity contribution is -0.870. The minimum Gasteiger partial charge on any atom is -0.756 e. The van der Waals surface area contributed by atoms with Gasteiger partial charge in [-0.2, -0.15) is 0 Å². The molecule has 0 spiro atoms. The fraction of sp³-hybridized carbons (Fsp3) is 0.765. The predicted octanol–water partition coefficient (Wildman–Crippen LogP) is 19.5. The number of ether oxygens (including phenoxy) is 1. The van der Waals surface area contributed by atoms with E-state index in [0.717, 1.165) is 83.5 Å². The van der Waals surface area contributed by atoms with Crippen LogP contribution >= 0.6 is 7.82 Å². The van der Waals surface area contributed by atoms with Crippen molar-refractivity contribution in [3.63, 3.8) is 0 Å². The lowest BCUT2D eigenvalue weighted by Crippen LogP contribution is -2.47. The Kier molecular flexibility index (Phi) is 55.4. The molecule has 0 aromatic rings. The third kappa shape index (κ3) is 57.9. The number of phosphoric acid groups is 1. The van der Waals surface area contributed by atoms with E-state index in [9.17, 15) is 19.0 Å². The largest absolute Gasteiger partial charge is 0.756 e. The summed E-state index contributed by atoms with van der Waals surface area (Å²) in [6, 6.07) is -0.910. The Morgan fingerprint density at radius 3 is 1.21 bits per heavy atom. The van der Waals surface area contributed by atoms with Crippen LogP contribution in [0.1, 0.15) is 284 Å². The predicted molar refractivity (Wildman–Crippen MR) is 335 cm³/mol. The van der Waals surface area contributed by atoms with Gasteiger partial charge in [0.15, 0.2) is 0 Å². The first-order chi connectivity index (χ1) is 37.9. The summed E-state index contributed by atoms with van der Waals surface area (Å²) in [6.07, 6.45) is 75.5. The van der Waals surface area contributed by atoms with Gasteiger partial charge in [-0.15, -0.1) is 0 Å². The summed E-state index contributed by atoms with van der Waals surface area (Å²) >= 11 is 0. The van der Waals surface area contributed by atoms with Crippen LogP contribution in [-0.4, -0.2) is 69.4 Å². The summed E-state index contributed by atoms with van der Waals surface area (Å²) in [5.74, 6) is -0.578. The van der Waals surface area contributed by atoms with Crippen molar-refractivity contribution in [2.24, 2.45) is 0 Å². The van der Waals surface area contributed by atoms with Gasteiger partial charge in [0, 0.05) is 12.8 Å². The minimum absolute atomic E-state index is 0.0320. The van der Waals surface area contributed by atoms with Crippen molar-refractivity contribution in [2.75, 3.05) is 40.9 Å². The first-order valence-corrected chi connectivity index (χ1v) is 33.9. The minimum atomic E-state index is -4.71. The number of hydrogen-bond donors (Lipinski definition) is 1. The number of nitrogens with one attached hydrogen (secondary N) is 1. The highest BCUT2D eigenvalue weighted by molar-refractivity contribution is 7.45. The molecule has 9 nitrogen and oxygen atoms in total. The maximum Gasteiger partial charge on any atom is 0.306 e. The topological polar surface area (TPSA) is 114 Å². The van der Waals surface area contributed by atoms with Crippen LogP contribution in [0.4, 0.5) is 0 Å². The molecule has 10 heteroatoms. The lowest BCUT2D eigenvalue weighted by Gasteiger charge is -2.30. The van der Waals surface area contributed by atoms with Crippen molar-refractivity contribution in [2.45, 2.75) is 296 Å². The molecule has 0 aliphatic carbocycles. The maximum atomic E-state index is 13.5. The second kappa shape index (κ2) is 57.4. The van der Waals surface area contributed by atoms with E-state index in [4.69, 9.17) is 13.8 Å². The van der Waals surface area contributed by atoms with Gasteiger partial charge < -0.3 is 28.5 Å². The third-order valence-corrected chi connectivity index (χ3v) is 15.0. The van der Waals surface area contributed by atoms with E-state index in [1.165, 1.54) is 161 Å². The Hall–Kier alpha value is -2.81. The number of esters is 1. The zero-order chi connectivity index (χ0) is 57.2.